The summed E-state index contributed by atoms with van der Waals surface area (Å²) < 4.78 is 13.3. The topological polar surface area (TPSA) is 60.5 Å². The van der Waals surface area contributed by atoms with Crippen molar-refractivity contribution < 1.29 is 13.9 Å². The molecule has 0 radical (unpaired) electrons. The zero-order valence-corrected chi connectivity index (χ0v) is 18.0. The molecule has 0 bridgehead atoms. The van der Waals surface area contributed by atoms with Crippen LogP contribution in [0.15, 0.2) is 53.1 Å². The summed E-state index contributed by atoms with van der Waals surface area (Å²) in [5, 5.41) is 4.79. The second-order valence-electron chi connectivity index (χ2n) is 8.65. The highest BCUT2D eigenvalue weighted by Gasteiger charge is 2.44. The third-order valence-corrected chi connectivity index (χ3v) is 6.84. The molecule has 1 fully saturated rings. The second kappa shape index (κ2) is 8.35. The van der Waals surface area contributed by atoms with Crippen molar-refractivity contribution in [1.82, 2.24) is 14.7 Å². The number of amides is 1. The SMILES string of the molecule is Cn1nc(CN(Cc2ccco2)C(=O)C2(c3ccccc3)CCOCC2)c2c1CCC2. The van der Waals surface area contributed by atoms with Gasteiger partial charge in [0.05, 0.1) is 30.5 Å². The summed E-state index contributed by atoms with van der Waals surface area (Å²) in [5.41, 5.74) is 4.14. The highest BCUT2D eigenvalue weighted by molar-refractivity contribution is 5.88. The number of aromatic nitrogens is 2. The van der Waals surface area contributed by atoms with E-state index in [0.29, 0.717) is 39.1 Å². The van der Waals surface area contributed by atoms with Gasteiger partial charge in [0, 0.05) is 26.0 Å². The molecule has 3 aromatic rings. The number of hydrogen-bond acceptors (Lipinski definition) is 4. The van der Waals surface area contributed by atoms with E-state index in [1.165, 1.54) is 11.3 Å². The van der Waals surface area contributed by atoms with Gasteiger partial charge in [0.2, 0.25) is 5.91 Å². The van der Waals surface area contributed by atoms with Crippen molar-refractivity contribution in [3.63, 3.8) is 0 Å². The Morgan fingerprint density at radius 3 is 2.65 bits per heavy atom. The van der Waals surface area contributed by atoms with Gasteiger partial charge in [-0.2, -0.15) is 5.10 Å². The molecule has 6 nitrogen and oxygen atoms in total. The number of aryl methyl sites for hydroxylation is 1. The first-order valence-corrected chi connectivity index (χ1v) is 11.2. The van der Waals surface area contributed by atoms with Gasteiger partial charge in [-0.3, -0.25) is 9.48 Å². The van der Waals surface area contributed by atoms with E-state index < -0.39 is 5.41 Å². The number of fused-ring (bicyclic) bond motifs is 1. The van der Waals surface area contributed by atoms with Crippen LogP contribution in [0.4, 0.5) is 0 Å². The van der Waals surface area contributed by atoms with Crippen LogP contribution in [0.5, 0.6) is 0 Å². The quantitative estimate of drug-likeness (QED) is 0.610. The molecular weight excluding hydrogens is 390 g/mol. The van der Waals surface area contributed by atoms with E-state index in [2.05, 4.69) is 12.1 Å². The third-order valence-electron chi connectivity index (χ3n) is 6.84. The van der Waals surface area contributed by atoms with E-state index >= 15 is 0 Å². The lowest BCUT2D eigenvalue weighted by Gasteiger charge is -2.40. The number of furan rings is 1. The summed E-state index contributed by atoms with van der Waals surface area (Å²) in [4.78, 5) is 16.2. The van der Waals surface area contributed by atoms with E-state index in [0.717, 1.165) is 36.3 Å². The van der Waals surface area contributed by atoms with Crippen molar-refractivity contribution in [1.29, 1.82) is 0 Å². The minimum Gasteiger partial charge on any atom is -0.467 e. The molecule has 5 rings (SSSR count). The molecule has 1 aliphatic heterocycles. The molecule has 1 aliphatic carbocycles. The first kappa shape index (κ1) is 20.1. The van der Waals surface area contributed by atoms with E-state index in [-0.39, 0.29) is 5.91 Å². The monoisotopic (exact) mass is 419 g/mol. The van der Waals surface area contributed by atoms with Crippen molar-refractivity contribution in [3.8, 4) is 0 Å². The highest BCUT2D eigenvalue weighted by atomic mass is 16.5. The Balaban J connectivity index is 1.52. The number of rotatable bonds is 6. The number of carbonyl (C=O) groups excluding carboxylic acids is 1. The van der Waals surface area contributed by atoms with Crippen molar-refractivity contribution in [2.45, 2.75) is 50.6 Å². The Hall–Kier alpha value is -2.86. The molecule has 0 spiro atoms. The van der Waals surface area contributed by atoms with E-state index in [4.69, 9.17) is 14.3 Å². The molecule has 0 unspecified atom stereocenters. The number of benzene rings is 1. The summed E-state index contributed by atoms with van der Waals surface area (Å²) in [7, 11) is 2.01. The Bertz CT molecular complexity index is 1030. The Labute approximate surface area is 182 Å². The minimum absolute atomic E-state index is 0.135. The van der Waals surface area contributed by atoms with Gasteiger partial charge >= 0.3 is 0 Å². The molecule has 0 atom stereocenters. The molecule has 0 N–H and O–H groups in total. The number of nitrogens with zero attached hydrogens (tertiary/aromatic N) is 3. The molecule has 2 aliphatic rings. The van der Waals surface area contributed by atoms with Crippen LogP contribution in [0.3, 0.4) is 0 Å². The van der Waals surface area contributed by atoms with Crippen molar-refractivity contribution in [2.75, 3.05) is 13.2 Å². The average molecular weight is 420 g/mol. The zero-order chi connectivity index (χ0) is 21.3. The number of carbonyl (C=O) groups is 1. The maximum Gasteiger partial charge on any atom is 0.234 e. The predicted molar refractivity (Wildman–Crippen MR) is 116 cm³/mol. The van der Waals surface area contributed by atoms with E-state index in [9.17, 15) is 4.79 Å². The molecule has 1 saturated heterocycles. The fourth-order valence-electron chi connectivity index (χ4n) is 5.20. The average Bonchev–Trinajstić information content (AvgIpc) is 3.55. The molecule has 3 heterocycles. The summed E-state index contributed by atoms with van der Waals surface area (Å²) in [6, 6.07) is 14.0. The summed E-state index contributed by atoms with van der Waals surface area (Å²) in [6.45, 7) is 2.12. The summed E-state index contributed by atoms with van der Waals surface area (Å²) >= 11 is 0. The number of ether oxygens (including phenoxy) is 1. The van der Waals surface area contributed by atoms with Crippen LogP contribution in [0.1, 0.15) is 47.5 Å². The molecule has 6 heteroatoms. The van der Waals surface area contributed by atoms with Gasteiger partial charge in [0.25, 0.3) is 0 Å². The Morgan fingerprint density at radius 1 is 1.10 bits per heavy atom. The van der Waals surface area contributed by atoms with Gasteiger partial charge in [-0.1, -0.05) is 30.3 Å². The lowest BCUT2D eigenvalue weighted by Crippen LogP contribution is -2.49. The van der Waals surface area contributed by atoms with Crippen molar-refractivity contribution in [3.05, 3.63) is 77.0 Å². The predicted octanol–water partition coefficient (Wildman–Crippen LogP) is 3.78. The van der Waals surface area contributed by atoms with Crippen LogP contribution in [0, 0.1) is 0 Å². The molecule has 1 aromatic carbocycles. The van der Waals surface area contributed by atoms with Gasteiger partial charge in [0.15, 0.2) is 0 Å². The normalized spacial score (nSPS) is 17.5. The fraction of sp³-hybridized carbons (Fsp3) is 0.440. The second-order valence-corrected chi connectivity index (χ2v) is 8.65. The van der Waals surface area contributed by atoms with Gasteiger partial charge in [-0.25, -0.2) is 0 Å². The van der Waals surface area contributed by atoms with Crippen LogP contribution < -0.4 is 0 Å². The standard InChI is InChI=1S/C25H29N3O3/c1-27-23-11-5-10-21(23)22(26-27)18-28(17-20-9-6-14-31-20)24(29)25(12-15-30-16-13-25)19-7-3-2-4-8-19/h2-4,6-9,14H,5,10-13,15-18H2,1H3. The first-order chi connectivity index (χ1) is 15.2. The van der Waals surface area contributed by atoms with E-state index in [1.807, 2.05) is 47.0 Å². The lowest BCUT2D eigenvalue weighted by atomic mass is 9.73. The Morgan fingerprint density at radius 2 is 1.90 bits per heavy atom. The first-order valence-electron chi connectivity index (χ1n) is 11.2. The maximum atomic E-state index is 14.3. The van der Waals surface area contributed by atoms with Gasteiger partial charge in [-0.15, -0.1) is 0 Å². The molecule has 31 heavy (non-hydrogen) atoms. The molecule has 0 saturated carbocycles. The van der Waals surface area contributed by atoms with Crippen LogP contribution in [-0.4, -0.2) is 33.8 Å². The minimum atomic E-state index is -0.579. The summed E-state index contributed by atoms with van der Waals surface area (Å²) in [6.07, 6.45) is 6.30. The van der Waals surface area contributed by atoms with Gasteiger partial charge in [-0.05, 0) is 55.4 Å². The van der Waals surface area contributed by atoms with Gasteiger partial charge in [0.1, 0.15) is 5.76 Å². The van der Waals surface area contributed by atoms with Gasteiger partial charge < -0.3 is 14.1 Å². The van der Waals surface area contributed by atoms with Crippen LogP contribution in [-0.2, 0) is 47.9 Å². The Kier molecular flexibility index (Phi) is 5.40. The number of hydrogen-bond donors (Lipinski definition) is 0. The third kappa shape index (κ3) is 3.69. The smallest absolute Gasteiger partial charge is 0.234 e. The molecule has 1 amide bonds. The van der Waals surface area contributed by atoms with Crippen LogP contribution >= 0.6 is 0 Å². The lowest BCUT2D eigenvalue weighted by molar-refractivity contribution is -0.143. The fourth-order valence-corrected chi connectivity index (χ4v) is 5.20. The van der Waals surface area contributed by atoms with Crippen LogP contribution in [0.25, 0.3) is 0 Å². The molecule has 162 valence electrons. The highest BCUT2D eigenvalue weighted by Crippen LogP contribution is 2.38. The van der Waals surface area contributed by atoms with Crippen molar-refractivity contribution >= 4 is 5.91 Å². The maximum absolute atomic E-state index is 14.3. The van der Waals surface area contributed by atoms with E-state index in [1.54, 1.807) is 6.26 Å². The summed E-state index contributed by atoms with van der Waals surface area (Å²) in [5.74, 6) is 0.923. The zero-order valence-electron chi connectivity index (χ0n) is 18.0. The largest absolute Gasteiger partial charge is 0.467 e. The molecule has 2 aromatic heterocycles. The van der Waals surface area contributed by atoms with Crippen LogP contribution in [0.2, 0.25) is 0 Å². The van der Waals surface area contributed by atoms with Crippen molar-refractivity contribution in [2.24, 2.45) is 7.05 Å². The molecular formula is C25H29N3O3.